The van der Waals surface area contributed by atoms with Crippen LogP contribution in [-0.2, 0) is 15.7 Å². The third-order valence-electron chi connectivity index (χ3n) is 6.05. The third kappa shape index (κ3) is 5.85. The number of aromatic nitrogens is 2. The Morgan fingerprint density at radius 1 is 1.09 bits per heavy atom. The number of hydrogen-bond acceptors (Lipinski definition) is 6. The number of piperidine rings is 1. The summed E-state index contributed by atoms with van der Waals surface area (Å²) in [6.07, 6.45) is -0.665. The molecule has 4 rings (SSSR count). The molecule has 0 spiro atoms. The van der Waals surface area contributed by atoms with Crippen molar-refractivity contribution in [3.05, 3.63) is 30.2 Å². The minimum atomic E-state index is -4.71. The van der Waals surface area contributed by atoms with E-state index in [4.69, 9.17) is 4.74 Å². The van der Waals surface area contributed by atoms with Crippen LogP contribution < -0.4 is 10.6 Å². The average Bonchev–Trinajstić information content (AvgIpc) is 3.35. The van der Waals surface area contributed by atoms with Crippen LogP contribution in [0.1, 0.15) is 38.0 Å². The Hall–Kier alpha value is -3.15. The van der Waals surface area contributed by atoms with E-state index in [0.29, 0.717) is 50.4 Å². The molecular weight excluding hydrogens is 455 g/mol. The number of carbonyl (C=O) groups is 2. The summed E-state index contributed by atoms with van der Waals surface area (Å²) in [7, 11) is 0. The number of hydrogen-bond donors (Lipinski definition) is 2. The van der Waals surface area contributed by atoms with E-state index in [1.807, 2.05) is 0 Å². The highest BCUT2D eigenvalue weighted by Crippen LogP contribution is 2.29. The molecule has 3 amide bonds. The van der Waals surface area contributed by atoms with Gasteiger partial charge in [0.05, 0.1) is 6.04 Å². The lowest BCUT2D eigenvalue weighted by Crippen LogP contribution is -2.51. The second kappa shape index (κ2) is 10.4. The second-order valence-corrected chi connectivity index (χ2v) is 8.40. The number of urea groups is 1. The fraction of sp³-hybridized carbons (Fsp3) is 0.545. The van der Waals surface area contributed by atoms with Crippen LogP contribution in [0.25, 0.3) is 11.4 Å². The Labute approximate surface area is 194 Å². The van der Waals surface area contributed by atoms with E-state index in [1.54, 1.807) is 17.0 Å². The Morgan fingerprint density at radius 3 is 2.50 bits per heavy atom. The van der Waals surface area contributed by atoms with Gasteiger partial charge in [-0.1, -0.05) is 5.16 Å². The van der Waals surface area contributed by atoms with Crippen molar-refractivity contribution in [1.29, 1.82) is 0 Å². The summed E-state index contributed by atoms with van der Waals surface area (Å²) in [5, 5.41) is 9.16. The first-order chi connectivity index (χ1) is 16.3. The highest BCUT2D eigenvalue weighted by atomic mass is 19.4. The molecule has 0 saturated carbocycles. The summed E-state index contributed by atoms with van der Waals surface area (Å²) in [4.78, 5) is 30.4. The maximum atomic E-state index is 12.9. The number of carbonyl (C=O) groups excluding carboxylic acids is 2. The number of nitrogens with one attached hydrogen (secondary N) is 2. The molecule has 1 atom stereocenters. The number of halogens is 3. The van der Waals surface area contributed by atoms with Gasteiger partial charge in [-0.05, 0) is 56.4 Å². The Balaban J connectivity index is 1.34. The van der Waals surface area contributed by atoms with Crippen LogP contribution >= 0.6 is 0 Å². The predicted molar refractivity (Wildman–Crippen MR) is 115 cm³/mol. The van der Waals surface area contributed by atoms with Gasteiger partial charge in [0.15, 0.2) is 0 Å². The molecule has 2 N–H and O–H groups in total. The zero-order valence-electron chi connectivity index (χ0n) is 18.4. The first-order valence-corrected chi connectivity index (χ1v) is 11.3. The van der Waals surface area contributed by atoms with Crippen molar-refractivity contribution in [2.45, 2.75) is 44.3 Å². The van der Waals surface area contributed by atoms with Gasteiger partial charge in [-0.2, -0.15) is 18.2 Å². The topological polar surface area (TPSA) is 110 Å². The van der Waals surface area contributed by atoms with Crippen molar-refractivity contribution in [2.24, 2.45) is 5.92 Å². The highest BCUT2D eigenvalue weighted by Gasteiger charge is 2.38. The minimum absolute atomic E-state index is 0.0000310. The van der Waals surface area contributed by atoms with Gasteiger partial charge in [0.2, 0.25) is 11.7 Å². The molecule has 0 aliphatic carbocycles. The van der Waals surface area contributed by atoms with Gasteiger partial charge in [-0.3, -0.25) is 4.79 Å². The van der Waals surface area contributed by atoms with Crippen LogP contribution in [0.4, 0.5) is 23.7 Å². The van der Waals surface area contributed by atoms with E-state index in [2.05, 4.69) is 25.3 Å². The first kappa shape index (κ1) is 24.0. The molecule has 2 fully saturated rings. The molecule has 0 bridgehead atoms. The van der Waals surface area contributed by atoms with Crippen molar-refractivity contribution in [2.75, 3.05) is 31.6 Å². The SMILES string of the molecule is O=C(NCC1CCCCN1C(=O)Nc1ccc(-c2noc(C(F)(F)F)n2)cc1)C1CCOCC1. The summed E-state index contributed by atoms with van der Waals surface area (Å²) in [6, 6.07) is 5.71. The van der Waals surface area contributed by atoms with Crippen LogP contribution in [0, 0.1) is 5.92 Å². The summed E-state index contributed by atoms with van der Waals surface area (Å²) in [6.45, 7) is 2.14. The van der Waals surface area contributed by atoms with Gasteiger partial charge in [0.1, 0.15) is 0 Å². The van der Waals surface area contributed by atoms with Crippen LogP contribution in [-0.4, -0.2) is 59.3 Å². The molecule has 2 saturated heterocycles. The maximum Gasteiger partial charge on any atom is 0.471 e. The van der Waals surface area contributed by atoms with Crippen LogP contribution in [0.5, 0.6) is 0 Å². The molecule has 12 heteroatoms. The molecule has 2 aliphatic rings. The summed E-state index contributed by atoms with van der Waals surface area (Å²) >= 11 is 0. The summed E-state index contributed by atoms with van der Waals surface area (Å²) < 4.78 is 47.5. The number of rotatable bonds is 5. The van der Waals surface area contributed by atoms with Gasteiger partial charge in [-0.15, -0.1) is 0 Å². The van der Waals surface area contributed by atoms with Crippen molar-refractivity contribution < 1.29 is 32.0 Å². The van der Waals surface area contributed by atoms with Crippen molar-refractivity contribution in [3.8, 4) is 11.4 Å². The molecule has 9 nitrogen and oxygen atoms in total. The molecule has 1 unspecified atom stereocenters. The van der Waals surface area contributed by atoms with Crippen molar-refractivity contribution >= 4 is 17.6 Å². The Kier molecular flexibility index (Phi) is 7.35. The van der Waals surface area contributed by atoms with Gasteiger partial charge in [0, 0.05) is 43.5 Å². The number of nitrogens with zero attached hydrogens (tertiary/aromatic N) is 3. The molecular formula is C22H26F3N5O4. The summed E-state index contributed by atoms with van der Waals surface area (Å²) in [5.74, 6) is -1.66. The minimum Gasteiger partial charge on any atom is -0.381 e. The molecule has 1 aromatic heterocycles. The lowest BCUT2D eigenvalue weighted by molar-refractivity contribution is -0.159. The standard InChI is InChI=1S/C22H26F3N5O4/c23-22(24,25)20-28-18(29-34-20)14-4-6-16(7-5-14)27-21(32)30-10-2-1-3-17(30)13-26-19(31)15-8-11-33-12-9-15/h4-7,15,17H,1-3,8-13H2,(H,26,31)(H,27,32). The number of anilines is 1. The molecule has 0 radical (unpaired) electrons. The monoisotopic (exact) mass is 481 g/mol. The lowest BCUT2D eigenvalue weighted by Gasteiger charge is -2.36. The average molecular weight is 481 g/mol. The number of likely N-dealkylation sites (tertiary alicyclic amines) is 1. The van der Waals surface area contributed by atoms with Gasteiger partial charge in [0.25, 0.3) is 0 Å². The number of amides is 3. The first-order valence-electron chi connectivity index (χ1n) is 11.3. The van der Waals surface area contributed by atoms with Crippen molar-refractivity contribution in [3.63, 3.8) is 0 Å². The smallest absolute Gasteiger partial charge is 0.381 e. The molecule has 34 heavy (non-hydrogen) atoms. The number of ether oxygens (including phenoxy) is 1. The van der Waals surface area contributed by atoms with E-state index in [1.165, 1.54) is 12.1 Å². The van der Waals surface area contributed by atoms with Crippen LogP contribution in [0.2, 0.25) is 0 Å². The maximum absolute atomic E-state index is 12.9. The molecule has 2 aromatic rings. The molecule has 1 aromatic carbocycles. The molecule has 2 aliphatic heterocycles. The van der Waals surface area contributed by atoms with E-state index in [-0.39, 0.29) is 29.7 Å². The van der Waals surface area contributed by atoms with E-state index >= 15 is 0 Å². The predicted octanol–water partition coefficient (Wildman–Crippen LogP) is 3.68. The normalized spacial score (nSPS) is 19.6. The quantitative estimate of drug-likeness (QED) is 0.674. The second-order valence-electron chi connectivity index (χ2n) is 8.40. The van der Waals surface area contributed by atoms with E-state index < -0.39 is 12.1 Å². The van der Waals surface area contributed by atoms with E-state index in [9.17, 15) is 22.8 Å². The Bertz CT molecular complexity index is 989. The van der Waals surface area contributed by atoms with Gasteiger partial charge < -0.3 is 24.8 Å². The fourth-order valence-electron chi connectivity index (χ4n) is 4.16. The third-order valence-corrected chi connectivity index (χ3v) is 6.05. The Morgan fingerprint density at radius 2 is 1.82 bits per heavy atom. The zero-order chi connectivity index (χ0) is 24.1. The highest BCUT2D eigenvalue weighted by molar-refractivity contribution is 5.90. The summed E-state index contributed by atoms with van der Waals surface area (Å²) in [5.41, 5.74) is 0.799. The largest absolute Gasteiger partial charge is 0.471 e. The van der Waals surface area contributed by atoms with E-state index in [0.717, 1.165) is 19.3 Å². The zero-order valence-corrected chi connectivity index (χ0v) is 18.4. The number of benzene rings is 1. The fourth-order valence-corrected chi connectivity index (χ4v) is 4.16. The van der Waals surface area contributed by atoms with Gasteiger partial charge in [-0.25, -0.2) is 4.79 Å². The van der Waals surface area contributed by atoms with Crippen LogP contribution in [0.3, 0.4) is 0 Å². The lowest BCUT2D eigenvalue weighted by atomic mass is 9.98. The van der Waals surface area contributed by atoms with Crippen molar-refractivity contribution in [1.82, 2.24) is 20.4 Å². The van der Waals surface area contributed by atoms with Crippen LogP contribution in [0.15, 0.2) is 28.8 Å². The van der Waals surface area contributed by atoms with Gasteiger partial charge >= 0.3 is 18.1 Å². The number of alkyl halides is 3. The molecule has 184 valence electrons. The molecule has 3 heterocycles.